The Balaban J connectivity index is 1.49. The van der Waals surface area contributed by atoms with E-state index in [9.17, 15) is 4.79 Å². The summed E-state index contributed by atoms with van der Waals surface area (Å²) in [6.07, 6.45) is 3.65. The van der Waals surface area contributed by atoms with Crippen LogP contribution in [0.4, 0.5) is 5.69 Å². The van der Waals surface area contributed by atoms with Crippen LogP contribution < -0.4 is 15.4 Å². The van der Waals surface area contributed by atoms with Crippen molar-refractivity contribution in [2.75, 3.05) is 19.0 Å². The summed E-state index contributed by atoms with van der Waals surface area (Å²) >= 11 is 5.58. The molecule has 30 heavy (non-hydrogen) atoms. The molecule has 0 radical (unpaired) electrons. The van der Waals surface area contributed by atoms with Gasteiger partial charge in [-0.15, -0.1) is 0 Å². The fourth-order valence-corrected chi connectivity index (χ4v) is 3.93. The van der Waals surface area contributed by atoms with Crippen molar-refractivity contribution in [2.24, 2.45) is 0 Å². The van der Waals surface area contributed by atoms with Gasteiger partial charge in [0.1, 0.15) is 17.6 Å². The summed E-state index contributed by atoms with van der Waals surface area (Å²) in [6, 6.07) is 16.5. The molecule has 0 bridgehead atoms. The molecule has 2 N–H and O–H groups in total. The van der Waals surface area contributed by atoms with Crippen LogP contribution in [0, 0.1) is 0 Å². The monoisotopic (exact) mass is 422 g/mol. The first-order valence-corrected chi connectivity index (χ1v) is 10.0. The topological polar surface area (TPSA) is 79.6 Å². The maximum Gasteiger partial charge on any atom is 0.226 e. The number of nitrogens with zero attached hydrogens (tertiary/aromatic N) is 2. The van der Waals surface area contributed by atoms with Crippen LogP contribution in [-0.2, 0) is 4.79 Å². The second-order valence-electron chi connectivity index (χ2n) is 6.83. The predicted molar refractivity (Wildman–Crippen MR) is 117 cm³/mol. The Morgan fingerprint density at radius 1 is 1.23 bits per heavy atom. The first-order chi connectivity index (χ1) is 14.7. The highest BCUT2D eigenvalue weighted by Crippen LogP contribution is 2.38. The van der Waals surface area contributed by atoms with Gasteiger partial charge in [-0.05, 0) is 48.6 Å². The Morgan fingerprint density at radius 2 is 2.07 bits per heavy atom. The van der Waals surface area contributed by atoms with E-state index in [1.54, 1.807) is 25.6 Å². The third kappa shape index (κ3) is 4.13. The lowest BCUT2D eigenvalue weighted by Gasteiger charge is -2.25. The van der Waals surface area contributed by atoms with Crippen LogP contribution in [0.15, 0.2) is 71.5 Å². The van der Waals surface area contributed by atoms with Crippen molar-refractivity contribution < 1.29 is 13.9 Å². The second-order valence-corrected chi connectivity index (χ2v) is 7.22. The van der Waals surface area contributed by atoms with Crippen molar-refractivity contribution in [1.29, 1.82) is 0 Å². The molecule has 0 aliphatic carbocycles. The van der Waals surface area contributed by atoms with Gasteiger partial charge in [-0.1, -0.05) is 18.2 Å². The van der Waals surface area contributed by atoms with Gasteiger partial charge in [-0.25, -0.2) is 0 Å². The zero-order valence-electron chi connectivity index (χ0n) is 16.4. The van der Waals surface area contributed by atoms with Crippen molar-refractivity contribution >= 4 is 28.9 Å². The number of furan rings is 1. The van der Waals surface area contributed by atoms with Gasteiger partial charge < -0.3 is 24.7 Å². The Morgan fingerprint density at radius 3 is 2.80 bits per heavy atom. The fourth-order valence-electron chi connectivity index (χ4n) is 3.60. The normalized spacial score (nSPS) is 18.2. The average molecular weight is 423 g/mol. The molecule has 1 aliphatic rings. The van der Waals surface area contributed by atoms with E-state index in [1.165, 1.54) is 0 Å². The standard InChI is InChI=1S/C22H22N4O3S/c1-28-17-9-3-2-7-15(17)24-19(27)11-13-26-21(18-10-6-14-29-18)20(25-22(26)30)16-8-4-5-12-23-16/h2-10,12,14,20-21H,11,13H2,1H3,(H,24,27)(H,25,30)/t20-,21+/m1/s1. The number of methoxy groups -OCH3 is 1. The summed E-state index contributed by atoms with van der Waals surface area (Å²) in [5.41, 5.74) is 1.50. The third-order valence-electron chi connectivity index (χ3n) is 4.99. The highest BCUT2D eigenvalue weighted by Gasteiger charge is 2.41. The molecule has 0 spiro atoms. The molecule has 4 rings (SSSR count). The van der Waals surface area contributed by atoms with E-state index in [0.29, 0.717) is 23.1 Å². The molecular formula is C22H22N4O3S. The van der Waals surface area contributed by atoms with Crippen LogP contribution in [0.2, 0.25) is 0 Å². The number of thiocarbonyl (C=S) groups is 1. The minimum absolute atomic E-state index is 0.123. The first kappa shape index (κ1) is 19.9. The lowest BCUT2D eigenvalue weighted by atomic mass is 10.0. The van der Waals surface area contributed by atoms with Crippen LogP contribution in [0.3, 0.4) is 0 Å². The number of anilines is 1. The molecule has 1 aliphatic heterocycles. The minimum Gasteiger partial charge on any atom is -0.495 e. The molecule has 1 aromatic carbocycles. The predicted octanol–water partition coefficient (Wildman–Crippen LogP) is 3.68. The van der Waals surface area contributed by atoms with E-state index in [2.05, 4.69) is 15.6 Å². The number of carbonyl (C=O) groups is 1. The highest BCUT2D eigenvalue weighted by atomic mass is 32.1. The zero-order valence-corrected chi connectivity index (χ0v) is 17.3. The largest absolute Gasteiger partial charge is 0.495 e. The molecule has 3 heterocycles. The molecule has 7 nitrogen and oxygen atoms in total. The van der Waals surface area contributed by atoms with Crippen LogP contribution in [0.25, 0.3) is 0 Å². The van der Waals surface area contributed by atoms with Crippen molar-refractivity contribution in [1.82, 2.24) is 15.2 Å². The molecule has 2 aromatic heterocycles. The molecule has 2 atom stereocenters. The summed E-state index contributed by atoms with van der Waals surface area (Å²) in [7, 11) is 1.57. The summed E-state index contributed by atoms with van der Waals surface area (Å²) in [5, 5.41) is 6.80. The molecule has 0 unspecified atom stereocenters. The maximum atomic E-state index is 12.6. The first-order valence-electron chi connectivity index (χ1n) is 9.61. The number of hydrogen-bond acceptors (Lipinski definition) is 5. The van der Waals surface area contributed by atoms with Crippen LogP contribution in [0.5, 0.6) is 5.75 Å². The van der Waals surface area contributed by atoms with E-state index in [4.69, 9.17) is 21.4 Å². The van der Waals surface area contributed by atoms with Gasteiger partial charge in [-0.2, -0.15) is 0 Å². The molecule has 3 aromatic rings. The van der Waals surface area contributed by atoms with Crippen molar-refractivity contribution in [3.05, 3.63) is 78.5 Å². The number of rotatable bonds is 7. The van der Waals surface area contributed by atoms with Crippen molar-refractivity contribution in [3.63, 3.8) is 0 Å². The van der Waals surface area contributed by atoms with Crippen molar-refractivity contribution in [3.8, 4) is 5.75 Å². The lowest BCUT2D eigenvalue weighted by molar-refractivity contribution is -0.116. The number of benzene rings is 1. The van der Waals surface area contributed by atoms with Gasteiger partial charge in [0.2, 0.25) is 5.91 Å². The van der Waals surface area contributed by atoms with E-state index in [0.717, 1.165) is 11.5 Å². The molecule has 8 heteroatoms. The fraction of sp³-hybridized carbons (Fsp3) is 0.227. The summed E-state index contributed by atoms with van der Waals surface area (Å²) in [4.78, 5) is 19.1. The number of amides is 1. The van der Waals surface area contributed by atoms with E-state index in [-0.39, 0.29) is 24.4 Å². The van der Waals surface area contributed by atoms with Gasteiger partial charge in [0.05, 0.1) is 30.8 Å². The third-order valence-corrected chi connectivity index (χ3v) is 5.35. The number of aromatic nitrogens is 1. The Kier molecular flexibility index (Phi) is 5.94. The molecule has 154 valence electrons. The number of hydrogen-bond donors (Lipinski definition) is 2. The maximum absolute atomic E-state index is 12.6. The highest BCUT2D eigenvalue weighted by molar-refractivity contribution is 7.80. The van der Waals surface area contributed by atoms with Gasteiger partial charge >= 0.3 is 0 Å². The zero-order chi connectivity index (χ0) is 20.9. The van der Waals surface area contributed by atoms with Crippen LogP contribution in [0.1, 0.15) is 30.0 Å². The quantitative estimate of drug-likeness (QED) is 0.562. The second kappa shape index (κ2) is 8.96. The van der Waals surface area contributed by atoms with Crippen molar-refractivity contribution in [2.45, 2.75) is 18.5 Å². The smallest absolute Gasteiger partial charge is 0.226 e. The SMILES string of the molecule is COc1ccccc1NC(=O)CCN1C(=S)N[C@H](c2ccccn2)[C@@H]1c1ccco1. The van der Waals surface area contributed by atoms with Gasteiger partial charge in [0.25, 0.3) is 0 Å². The number of carbonyl (C=O) groups excluding carboxylic acids is 1. The molecular weight excluding hydrogens is 400 g/mol. The summed E-state index contributed by atoms with van der Waals surface area (Å²) in [6.45, 7) is 0.432. The Bertz CT molecular complexity index is 1010. The van der Waals surface area contributed by atoms with Gasteiger partial charge in [0.15, 0.2) is 5.11 Å². The lowest BCUT2D eigenvalue weighted by Crippen LogP contribution is -2.32. The molecule has 1 fully saturated rings. The minimum atomic E-state index is -0.193. The Labute approximate surface area is 180 Å². The Hall–Kier alpha value is -3.39. The molecule has 0 saturated carbocycles. The van der Waals surface area contributed by atoms with Gasteiger partial charge in [-0.3, -0.25) is 9.78 Å². The average Bonchev–Trinajstić information content (AvgIpc) is 3.41. The van der Waals surface area contributed by atoms with Gasteiger partial charge in [0, 0.05) is 19.2 Å². The van der Waals surface area contributed by atoms with Crippen LogP contribution >= 0.6 is 12.2 Å². The van der Waals surface area contributed by atoms with E-state index < -0.39 is 0 Å². The van der Waals surface area contributed by atoms with Crippen LogP contribution in [-0.4, -0.2) is 34.6 Å². The van der Waals surface area contributed by atoms with E-state index in [1.807, 2.05) is 53.4 Å². The number of para-hydroxylation sites is 2. The molecule has 1 saturated heterocycles. The van der Waals surface area contributed by atoms with E-state index >= 15 is 0 Å². The summed E-state index contributed by atoms with van der Waals surface area (Å²) in [5.74, 6) is 1.26. The summed E-state index contributed by atoms with van der Waals surface area (Å²) < 4.78 is 11.0. The number of ether oxygens (including phenoxy) is 1. The number of pyridine rings is 1. The molecule has 1 amide bonds. The number of nitrogens with one attached hydrogen (secondary N) is 2.